The van der Waals surface area contributed by atoms with E-state index in [0.717, 1.165) is 16.5 Å². The van der Waals surface area contributed by atoms with Crippen molar-refractivity contribution in [3.8, 4) is 0 Å². The number of aryl methyl sites for hydroxylation is 1. The molecule has 3 aromatic rings. The number of imide groups is 1. The predicted molar refractivity (Wildman–Crippen MR) is 119 cm³/mol. The van der Waals surface area contributed by atoms with Gasteiger partial charge in [0.15, 0.2) is 0 Å². The third-order valence-corrected chi connectivity index (χ3v) is 5.23. The molecule has 7 nitrogen and oxygen atoms in total. The van der Waals surface area contributed by atoms with Gasteiger partial charge in [0.2, 0.25) is 0 Å². The molecular weight excluding hydrogens is 437 g/mol. The quantitative estimate of drug-likeness (QED) is 0.331. The third kappa shape index (κ3) is 3.72. The molecule has 0 aromatic heterocycles. The highest BCUT2D eigenvalue weighted by atomic mass is 35.5. The van der Waals surface area contributed by atoms with Crippen LogP contribution in [0.4, 0.5) is 21.5 Å². The fraction of sp³-hybridized carbons (Fsp3) is 0.0435. The van der Waals surface area contributed by atoms with Crippen LogP contribution in [0.3, 0.4) is 0 Å². The molecule has 9 heteroatoms. The number of rotatable bonds is 5. The monoisotopic (exact) mass is 451 g/mol. The largest absolute Gasteiger partial charge is 0.350 e. The van der Waals surface area contributed by atoms with E-state index in [1.165, 1.54) is 42.5 Å². The molecule has 4 rings (SSSR count). The lowest BCUT2D eigenvalue weighted by atomic mass is 10.0. The van der Waals surface area contributed by atoms with Gasteiger partial charge < -0.3 is 5.32 Å². The molecule has 1 aliphatic rings. The van der Waals surface area contributed by atoms with E-state index >= 15 is 0 Å². The molecule has 160 valence electrons. The maximum Gasteiger partial charge on any atom is 0.282 e. The first-order valence-electron chi connectivity index (χ1n) is 9.43. The predicted octanol–water partition coefficient (Wildman–Crippen LogP) is 5.09. The van der Waals surface area contributed by atoms with Crippen LogP contribution in [0.2, 0.25) is 5.02 Å². The first-order valence-corrected chi connectivity index (χ1v) is 9.81. The van der Waals surface area contributed by atoms with Gasteiger partial charge >= 0.3 is 0 Å². The number of anilines is 2. The molecule has 0 bridgehead atoms. The second kappa shape index (κ2) is 8.24. The Hall–Kier alpha value is -4.04. The lowest BCUT2D eigenvalue weighted by Gasteiger charge is -2.16. The molecule has 0 unspecified atom stereocenters. The number of carbonyl (C=O) groups excluding carboxylic acids is 2. The molecule has 0 saturated carbocycles. The standard InChI is InChI=1S/C23H15ClFN3O4/c1-13-12-15(24)8-11-18(13)26-21-20(14-6-9-16(10-7-14)28(31)32)22(29)27(23(21)30)19-5-3-2-4-17(19)25/h2-12,26H,1H3. The Labute approximate surface area is 186 Å². The van der Waals surface area contributed by atoms with Crippen molar-refractivity contribution < 1.29 is 18.9 Å². The van der Waals surface area contributed by atoms with Crippen molar-refractivity contribution in [2.24, 2.45) is 0 Å². The molecule has 1 aliphatic heterocycles. The van der Waals surface area contributed by atoms with Crippen LogP contribution >= 0.6 is 11.6 Å². The summed E-state index contributed by atoms with van der Waals surface area (Å²) < 4.78 is 14.4. The average molecular weight is 452 g/mol. The highest BCUT2D eigenvalue weighted by Crippen LogP contribution is 2.36. The van der Waals surface area contributed by atoms with E-state index < -0.39 is 22.6 Å². The molecule has 3 aromatic carbocycles. The smallest absolute Gasteiger partial charge is 0.282 e. The topological polar surface area (TPSA) is 92.6 Å². The zero-order chi connectivity index (χ0) is 23.0. The maximum atomic E-state index is 14.4. The normalized spacial score (nSPS) is 13.7. The SMILES string of the molecule is Cc1cc(Cl)ccc1NC1=C(c2ccc([N+](=O)[O-])cc2)C(=O)N(c2ccccc2F)C1=O. The van der Waals surface area contributed by atoms with Crippen LogP contribution in [0, 0.1) is 22.9 Å². The van der Waals surface area contributed by atoms with E-state index in [1.807, 2.05) is 0 Å². The van der Waals surface area contributed by atoms with E-state index in [2.05, 4.69) is 5.32 Å². The third-order valence-electron chi connectivity index (χ3n) is 4.99. The Bertz CT molecular complexity index is 1300. The highest BCUT2D eigenvalue weighted by molar-refractivity contribution is 6.46. The van der Waals surface area contributed by atoms with Crippen molar-refractivity contribution in [1.29, 1.82) is 0 Å². The molecule has 1 N–H and O–H groups in total. The van der Waals surface area contributed by atoms with Crippen LogP contribution in [-0.2, 0) is 9.59 Å². The summed E-state index contributed by atoms with van der Waals surface area (Å²) in [4.78, 5) is 37.8. The number of amides is 2. The zero-order valence-electron chi connectivity index (χ0n) is 16.6. The highest BCUT2D eigenvalue weighted by Gasteiger charge is 2.41. The molecule has 0 saturated heterocycles. The van der Waals surface area contributed by atoms with Crippen LogP contribution in [0.15, 0.2) is 72.4 Å². The second-order valence-corrected chi connectivity index (χ2v) is 7.47. The van der Waals surface area contributed by atoms with Crippen molar-refractivity contribution in [1.82, 2.24) is 0 Å². The van der Waals surface area contributed by atoms with Gasteiger partial charge in [-0.25, -0.2) is 9.29 Å². The summed E-state index contributed by atoms with van der Waals surface area (Å²) in [6.45, 7) is 1.77. The molecule has 0 radical (unpaired) electrons. The Kier molecular flexibility index (Phi) is 5.46. The summed E-state index contributed by atoms with van der Waals surface area (Å²) in [5, 5.41) is 14.5. The number of halogens is 2. The number of para-hydroxylation sites is 1. The summed E-state index contributed by atoms with van der Waals surface area (Å²) >= 11 is 6.01. The van der Waals surface area contributed by atoms with Gasteiger partial charge in [-0.3, -0.25) is 19.7 Å². The molecular formula is C23H15ClFN3O4. The van der Waals surface area contributed by atoms with E-state index in [-0.39, 0.29) is 28.2 Å². The maximum absolute atomic E-state index is 14.4. The minimum absolute atomic E-state index is 0.0255. The minimum Gasteiger partial charge on any atom is -0.350 e. The van der Waals surface area contributed by atoms with E-state index in [0.29, 0.717) is 10.7 Å². The number of hydrogen-bond donors (Lipinski definition) is 1. The number of nitrogens with one attached hydrogen (secondary N) is 1. The summed E-state index contributed by atoms with van der Waals surface area (Å²) in [5.74, 6) is -2.23. The fourth-order valence-electron chi connectivity index (χ4n) is 3.42. The first-order chi connectivity index (χ1) is 15.3. The van der Waals surface area contributed by atoms with Crippen LogP contribution in [0.1, 0.15) is 11.1 Å². The average Bonchev–Trinajstić information content (AvgIpc) is 3.00. The zero-order valence-corrected chi connectivity index (χ0v) is 17.4. The van der Waals surface area contributed by atoms with Crippen molar-refractivity contribution in [2.75, 3.05) is 10.2 Å². The molecule has 0 atom stereocenters. The van der Waals surface area contributed by atoms with Crippen molar-refractivity contribution in [3.05, 3.63) is 105 Å². The summed E-state index contributed by atoms with van der Waals surface area (Å²) in [6.07, 6.45) is 0. The second-order valence-electron chi connectivity index (χ2n) is 7.04. The van der Waals surface area contributed by atoms with Gasteiger partial charge in [0.1, 0.15) is 11.5 Å². The lowest BCUT2D eigenvalue weighted by Crippen LogP contribution is -2.33. The van der Waals surface area contributed by atoms with Crippen LogP contribution in [0.5, 0.6) is 0 Å². The van der Waals surface area contributed by atoms with Gasteiger partial charge in [0.05, 0.1) is 16.2 Å². The lowest BCUT2D eigenvalue weighted by molar-refractivity contribution is -0.384. The Morgan fingerprint density at radius 2 is 1.69 bits per heavy atom. The molecule has 0 aliphatic carbocycles. The number of benzene rings is 3. The van der Waals surface area contributed by atoms with Crippen molar-refractivity contribution in [2.45, 2.75) is 6.92 Å². The number of nitrogens with zero attached hydrogens (tertiary/aromatic N) is 2. The Balaban J connectivity index is 1.85. The summed E-state index contributed by atoms with van der Waals surface area (Å²) in [5.41, 5.74) is 1.08. The number of nitro groups is 1. The van der Waals surface area contributed by atoms with E-state index in [9.17, 15) is 24.1 Å². The number of non-ortho nitro benzene ring substituents is 1. The number of nitro benzene ring substituents is 1. The fourth-order valence-corrected chi connectivity index (χ4v) is 3.64. The van der Waals surface area contributed by atoms with E-state index in [4.69, 9.17) is 11.6 Å². The van der Waals surface area contributed by atoms with Gasteiger partial charge in [-0.1, -0.05) is 23.7 Å². The minimum atomic E-state index is -0.747. The summed E-state index contributed by atoms with van der Waals surface area (Å²) in [6, 6.07) is 15.6. The molecule has 32 heavy (non-hydrogen) atoms. The van der Waals surface area contributed by atoms with Crippen LogP contribution in [-0.4, -0.2) is 16.7 Å². The van der Waals surface area contributed by atoms with Gasteiger partial charge in [-0.15, -0.1) is 0 Å². The first kappa shape index (κ1) is 21.2. The van der Waals surface area contributed by atoms with Gasteiger partial charge in [0, 0.05) is 22.8 Å². The van der Waals surface area contributed by atoms with Crippen molar-refractivity contribution >= 4 is 46.1 Å². The Morgan fingerprint density at radius 3 is 2.31 bits per heavy atom. The number of hydrogen-bond acceptors (Lipinski definition) is 5. The van der Waals surface area contributed by atoms with Gasteiger partial charge in [0.25, 0.3) is 17.5 Å². The van der Waals surface area contributed by atoms with Crippen molar-refractivity contribution in [3.63, 3.8) is 0 Å². The number of carbonyl (C=O) groups is 2. The van der Waals surface area contributed by atoms with E-state index in [1.54, 1.807) is 25.1 Å². The van der Waals surface area contributed by atoms with Crippen LogP contribution < -0.4 is 10.2 Å². The van der Waals surface area contributed by atoms with Gasteiger partial charge in [-0.05, 0) is 60.5 Å². The van der Waals surface area contributed by atoms with Crippen LogP contribution in [0.25, 0.3) is 5.57 Å². The Morgan fingerprint density at radius 1 is 1.00 bits per heavy atom. The molecule has 0 fully saturated rings. The summed E-state index contributed by atoms with van der Waals surface area (Å²) in [7, 11) is 0. The van der Waals surface area contributed by atoms with Gasteiger partial charge in [-0.2, -0.15) is 0 Å². The molecule has 0 spiro atoms. The molecule has 1 heterocycles. The molecule has 2 amide bonds.